The van der Waals surface area contributed by atoms with Crippen LogP contribution in [0.2, 0.25) is 0 Å². The van der Waals surface area contributed by atoms with E-state index in [9.17, 15) is 19.3 Å². The normalized spacial score (nSPS) is 9.94. The first kappa shape index (κ1) is 12.6. The Morgan fingerprint density at radius 2 is 2.25 bits per heavy atom. The van der Waals surface area contributed by atoms with Gasteiger partial charge in [0.15, 0.2) is 0 Å². The Morgan fingerprint density at radius 3 is 2.75 bits per heavy atom. The molecule has 5 nitrogen and oxygen atoms in total. The minimum Gasteiger partial charge on any atom is -0.462 e. The van der Waals surface area contributed by atoms with Crippen molar-refractivity contribution >= 4 is 27.6 Å². The molecule has 0 aliphatic carbocycles. The van der Waals surface area contributed by atoms with Crippen molar-refractivity contribution in [1.82, 2.24) is 0 Å². The summed E-state index contributed by atoms with van der Waals surface area (Å²) in [5.41, 5.74) is -0.832. The van der Waals surface area contributed by atoms with Crippen molar-refractivity contribution in [1.29, 1.82) is 0 Å². The lowest BCUT2D eigenvalue weighted by molar-refractivity contribution is -0.387. The largest absolute Gasteiger partial charge is 0.462 e. The minimum atomic E-state index is -1.01. The van der Waals surface area contributed by atoms with E-state index in [4.69, 9.17) is 0 Å². The zero-order chi connectivity index (χ0) is 12.3. The van der Waals surface area contributed by atoms with E-state index in [-0.39, 0.29) is 16.6 Å². The Labute approximate surface area is 98.5 Å². The first-order valence-corrected chi connectivity index (χ1v) is 5.07. The molecule has 0 radical (unpaired) electrons. The van der Waals surface area contributed by atoms with E-state index in [1.54, 1.807) is 6.92 Å². The maximum absolute atomic E-state index is 13.1. The van der Waals surface area contributed by atoms with E-state index in [1.165, 1.54) is 0 Å². The highest BCUT2D eigenvalue weighted by molar-refractivity contribution is 9.10. The number of carbonyl (C=O) groups excluding carboxylic acids is 1. The van der Waals surface area contributed by atoms with Gasteiger partial charge in [0, 0.05) is 10.5 Å². The van der Waals surface area contributed by atoms with Crippen molar-refractivity contribution < 1.29 is 18.8 Å². The summed E-state index contributed by atoms with van der Waals surface area (Å²) in [6, 6.07) is 1.71. The highest BCUT2D eigenvalue weighted by Crippen LogP contribution is 2.26. The molecule has 16 heavy (non-hydrogen) atoms. The monoisotopic (exact) mass is 291 g/mol. The summed E-state index contributed by atoms with van der Waals surface area (Å²) in [5.74, 6) is -1.75. The van der Waals surface area contributed by atoms with Crippen molar-refractivity contribution in [2.45, 2.75) is 6.92 Å². The van der Waals surface area contributed by atoms with Crippen LogP contribution >= 0.6 is 15.9 Å². The van der Waals surface area contributed by atoms with Gasteiger partial charge >= 0.3 is 11.7 Å². The Balaban J connectivity index is 3.24. The first-order chi connectivity index (χ1) is 7.47. The lowest BCUT2D eigenvalue weighted by atomic mass is 10.2. The summed E-state index contributed by atoms with van der Waals surface area (Å²) in [4.78, 5) is 20.9. The molecule has 1 aromatic rings. The summed E-state index contributed by atoms with van der Waals surface area (Å²) < 4.78 is 17.9. The molecule has 0 spiro atoms. The smallest absolute Gasteiger partial charge is 0.339 e. The van der Waals surface area contributed by atoms with Gasteiger partial charge in [0.25, 0.3) is 0 Å². The van der Waals surface area contributed by atoms with E-state index in [0.29, 0.717) is 0 Å². The molecule has 0 saturated heterocycles. The third-order valence-corrected chi connectivity index (χ3v) is 2.38. The molecule has 86 valence electrons. The van der Waals surface area contributed by atoms with Crippen LogP contribution in [0.3, 0.4) is 0 Å². The van der Waals surface area contributed by atoms with Gasteiger partial charge in [0.1, 0.15) is 0 Å². The predicted octanol–water partition coefficient (Wildman–Crippen LogP) is 2.67. The number of nitro benzene ring substituents is 1. The number of halogens is 2. The fraction of sp³-hybridized carbons (Fsp3) is 0.222. The molecule has 1 rings (SSSR count). The molecule has 0 aliphatic rings. The molecule has 0 aliphatic heterocycles. The standard InChI is InChI=1S/C9H7BrFNO4/c1-2-16-9(13)5-3-8(12(14)15)7(11)4-6(5)10/h3-4H,2H2,1H3. The van der Waals surface area contributed by atoms with Crippen LogP contribution in [0.15, 0.2) is 16.6 Å². The van der Waals surface area contributed by atoms with Crippen LogP contribution in [0.5, 0.6) is 0 Å². The van der Waals surface area contributed by atoms with Gasteiger partial charge in [-0.05, 0) is 28.9 Å². The first-order valence-electron chi connectivity index (χ1n) is 4.28. The summed E-state index contributed by atoms with van der Waals surface area (Å²) in [6.07, 6.45) is 0. The van der Waals surface area contributed by atoms with E-state index >= 15 is 0 Å². The van der Waals surface area contributed by atoms with E-state index in [0.717, 1.165) is 12.1 Å². The lowest BCUT2D eigenvalue weighted by Gasteiger charge is -2.04. The summed E-state index contributed by atoms with van der Waals surface area (Å²) in [5, 5.41) is 10.5. The number of carbonyl (C=O) groups is 1. The van der Waals surface area contributed by atoms with Gasteiger partial charge in [-0.25, -0.2) is 4.79 Å². The zero-order valence-corrected chi connectivity index (χ0v) is 9.78. The Hall–Kier alpha value is -1.50. The zero-order valence-electron chi connectivity index (χ0n) is 8.20. The predicted molar refractivity (Wildman–Crippen MR) is 56.7 cm³/mol. The number of ether oxygens (including phenoxy) is 1. The average molecular weight is 292 g/mol. The van der Waals surface area contributed by atoms with Crippen LogP contribution < -0.4 is 0 Å². The molecule has 0 aromatic heterocycles. The number of hydrogen-bond donors (Lipinski definition) is 0. The molecule has 7 heteroatoms. The fourth-order valence-corrected chi connectivity index (χ4v) is 1.52. The number of benzene rings is 1. The molecular weight excluding hydrogens is 285 g/mol. The number of nitrogens with zero attached hydrogens (tertiary/aromatic N) is 1. The Morgan fingerprint density at radius 1 is 1.62 bits per heavy atom. The molecular formula is C9H7BrFNO4. The molecule has 0 saturated carbocycles. The third-order valence-electron chi connectivity index (χ3n) is 1.73. The van der Waals surface area contributed by atoms with E-state index < -0.39 is 22.4 Å². The van der Waals surface area contributed by atoms with Crippen LogP contribution in [-0.4, -0.2) is 17.5 Å². The molecule has 0 bridgehead atoms. The molecule has 0 heterocycles. The molecule has 0 atom stereocenters. The van der Waals surface area contributed by atoms with Gasteiger partial charge < -0.3 is 4.74 Å². The maximum Gasteiger partial charge on any atom is 0.339 e. The fourth-order valence-electron chi connectivity index (χ4n) is 1.04. The molecule has 0 N–H and O–H groups in total. The van der Waals surface area contributed by atoms with Gasteiger partial charge in [-0.15, -0.1) is 0 Å². The number of rotatable bonds is 3. The van der Waals surface area contributed by atoms with Crippen LogP contribution in [0.1, 0.15) is 17.3 Å². The minimum absolute atomic E-state index is 0.0741. The van der Waals surface area contributed by atoms with Gasteiger partial charge in [0.05, 0.1) is 17.1 Å². The van der Waals surface area contributed by atoms with Crippen molar-refractivity contribution in [3.8, 4) is 0 Å². The number of hydrogen-bond acceptors (Lipinski definition) is 4. The van der Waals surface area contributed by atoms with Gasteiger partial charge in [-0.3, -0.25) is 10.1 Å². The van der Waals surface area contributed by atoms with Gasteiger partial charge in [-0.1, -0.05) is 0 Å². The van der Waals surface area contributed by atoms with Gasteiger partial charge in [0.2, 0.25) is 5.82 Å². The quantitative estimate of drug-likeness (QED) is 0.488. The van der Waals surface area contributed by atoms with Crippen LogP contribution in [-0.2, 0) is 4.74 Å². The lowest BCUT2D eigenvalue weighted by Crippen LogP contribution is -2.07. The van der Waals surface area contributed by atoms with Crippen LogP contribution in [0.4, 0.5) is 10.1 Å². The second-order valence-electron chi connectivity index (χ2n) is 2.76. The average Bonchev–Trinajstić information content (AvgIpc) is 2.17. The Bertz CT molecular complexity index is 449. The molecule has 1 aromatic carbocycles. The Kier molecular flexibility index (Phi) is 3.94. The number of esters is 1. The van der Waals surface area contributed by atoms with Crippen molar-refractivity contribution in [3.63, 3.8) is 0 Å². The second-order valence-corrected chi connectivity index (χ2v) is 3.62. The third kappa shape index (κ3) is 2.54. The summed E-state index contributed by atoms with van der Waals surface area (Å²) in [6.45, 7) is 1.74. The molecule has 0 amide bonds. The second kappa shape index (κ2) is 5.02. The van der Waals surface area contributed by atoms with E-state index in [2.05, 4.69) is 20.7 Å². The van der Waals surface area contributed by atoms with Crippen molar-refractivity contribution in [2.75, 3.05) is 6.61 Å². The van der Waals surface area contributed by atoms with E-state index in [1.807, 2.05) is 0 Å². The summed E-state index contributed by atoms with van der Waals surface area (Å²) >= 11 is 2.94. The van der Waals surface area contributed by atoms with Crippen LogP contribution in [0, 0.1) is 15.9 Å². The van der Waals surface area contributed by atoms with Gasteiger partial charge in [-0.2, -0.15) is 4.39 Å². The number of nitro groups is 1. The summed E-state index contributed by atoms with van der Waals surface area (Å²) in [7, 11) is 0. The topological polar surface area (TPSA) is 69.4 Å². The highest BCUT2D eigenvalue weighted by atomic mass is 79.9. The van der Waals surface area contributed by atoms with Crippen molar-refractivity contribution in [3.05, 3.63) is 38.1 Å². The molecule has 0 unspecified atom stereocenters. The SMILES string of the molecule is CCOC(=O)c1cc([N+](=O)[O-])c(F)cc1Br. The maximum atomic E-state index is 13.1. The molecule has 0 fully saturated rings. The van der Waals surface area contributed by atoms with Crippen LogP contribution in [0.25, 0.3) is 0 Å². The highest BCUT2D eigenvalue weighted by Gasteiger charge is 2.21. The van der Waals surface area contributed by atoms with Crippen molar-refractivity contribution in [2.24, 2.45) is 0 Å².